The van der Waals surface area contributed by atoms with Crippen molar-refractivity contribution in [1.29, 1.82) is 0 Å². The van der Waals surface area contributed by atoms with E-state index in [0.717, 1.165) is 80.7 Å². The predicted octanol–water partition coefficient (Wildman–Crippen LogP) is 19.8. The number of aromatic nitrogens is 8. The van der Waals surface area contributed by atoms with Crippen LogP contribution in [0, 0.1) is 0 Å². The van der Waals surface area contributed by atoms with Crippen LogP contribution in [-0.2, 0) is 22.4 Å². The van der Waals surface area contributed by atoms with Crippen LogP contribution in [0.3, 0.4) is 0 Å². The van der Waals surface area contributed by atoms with E-state index in [1.807, 2.05) is 109 Å². The maximum Gasteiger partial charge on any atom is 0.303 e. The Balaban J connectivity index is 1.14. The quantitative estimate of drug-likeness (QED) is 0.0466. The summed E-state index contributed by atoms with van der Waals surface area (Å²) in [5.41, 5.74) is 3.20. The summed E-state index contributed by atoms with van der Waals surface area (Å²) in [4.78, 5) is 77.2. The van der Waals surface area contributed by atoms with Crippen molar-refractivity contribution in [3.8, 4) is 34.3 Å². The zero-order chi connectivity index (χ0) is 65.2. The lowest BCUT2D eigenvalue weighted by molar-refractivity contribution is -0.138. The monoisotopic (exact) mass is 1370 g/mol. The van der Waals surface area contributed by atoms with Gasteiger partial charge in [-0.05, 0) is 132 Å². The second-order valence-corrected chi connectivity index (χ2v) is 28.9. The molecule has 96 heavy (non-hydrogen) atoms. The number of carboxylic acid groups (broad SMARTS) is 2. The molecule has 0 amide bonds. The zero-order valence-corrected chi connectivity index (χ0v) is 56.2. The Morgan fingerprint density at radius 2 is 0.667 bits per heavy atom. The largest absolute Gasteiger partial charge is 0.493 e. The minimum absolute atomic E-state index is 0.0611. The predicted molar refractivity (Wildman–Crippen MR) is 387 cm³/mol. The van der Waals surface area contributed by atoms with Crippen LogP contribution in [0.4, 0.5) is 0 Å². The molecule has 0 saturated heterocycles. The van der Waals surface area contributed by atoms with Gasteiger partial charge < -0.3 is 29.7 Å². The molecule has 2 aliphatic rings. The molecule has 8 bridgehead atoms. The van der Waals surface area contributed by atoms with Crippen LogP contribution in [0.2, 0.25) is 0 Å². The van der Waals surface area contributed by atoms with Crippen LogP contribution in [0.15, 0.2) is 289 Å². The summed E-state index contributed by atoms with van der Waals surface area (Å²) >= 11 is 9.76. The van der Waals surface area contributed by atoms with Crippen LogP contribution in [0.1, 0.15) is 37.3 Å². The molecule has 14 rings (SSSR count). The molecular weight excluding hydrogens is 1310 g/mol. The maximum atomic E-state index is 11.9. The first kappa shape index (κ1) is 63.8. The average molecular weight is 1370 g/mol. The fourth-order valence-corrected chi connectivity index (χ4v) is 16.8. The number of aromatic amines is 2. The van der Waals surface area contributed by atoms with Gasteiger partial charge in [-0.1, -0.05) is 192 Å². The summed E-state index contributed by atoms with van der Waals surface area (Å²) in [6, 6.07) is 73.7. The van der Waals surface area contributed by atoms with E-state index in [1.165, 1.54) is 0 Å². The molecule has 0 saturated carbocycles. The summed E-state index contributed by atoms with van der Waals surface area (Å²) in [7, 11) is 0. The minimum atomic E-state index is -0.944. The Bertz CT molecular complexity index is 5090. The smallest absolute Gasteiger partial charge is 0.303 e. The first-order valence-electron chi connectivity index (χ1n) is 31.0. The number of carbonyl (C=O) groups is 2. The van der Waals surface area contributed by atoms with Gasteiger partial charge in [0.05, 0.1) is 24.0 Å². The molecule has 0 aliphatic carbocycles. The summed E-state index contributed by atoms with van der Waals surface area (Å²) in [6.45, 7) is 0.124. The Labute approximate surface area is 578 Å². The van der Waals surface area contributed by atoms with Crippen LogP contribution >= 0.6 is 70.6 Å². The van der Waals surface area contributed by atoms with Gasteiger partial charge in [0.1, 0.15) is 45.7 Å². The highest BCUT2D eigenvalue weighted by Crippen LogP contribution is 2.51. The van der Waals surface area contributed by atoms with Crippen molar-refractivity contribution in [2.24, 2.45) is 0 Å². The third kappa shape index (κ3) is 15.2. The number of nitrogens with one attached hydrogen (secondary N) is 2. The molecule has 474 valence electrons. The van der Waals surface area contributed by atoms with E-state index < -0.39 is 11.9 Å². The first-order chi connectivity index (χ1) is 47.2. The third-order valence-electron chi connectivity index (χ3n) is 15.2. The van der Waals surface area contributed by atoms with Gasteiger partial charge in [-0.25, -0.2) is 29.9 Å². The van der Waals surface area contributed by atoms with Crippen molar-refractivity contribution < 1.29 is 29.3 Å². The molecule has 5 heterocycles. The van der Waals surface area contributed by atoms with Gasteiger partial charge in [0, 0.05) is 96.5 Å². The molecule has 4 N–H and O–H groups in total. The van der Waals surface area contributed by atoms with Gasteiger partial charge >= 0.3 is 11.9 Å². The molecule has 2 aliphatic heterocycles. The normalized spacial score (nSPS) is 13.3. The van der Waals surface area contributed by atoms with E-state index in [-0.39, 0.29) is 51.7 Å². The Morgan fingerprint density at radius 1 is 0.354 bits per heavy atom. The van der Waals surface area contributed by atoms with Gasteiger partial charge in [0.2, 0.25) is 0 Å². The van der Waals surface area contributed by atoms with Crippen molar-refractivity contribution in [2.45, 2.75) is 87.5 Å². The molecule has 3 aromatic heterocycles. The number of rotatable bonds is 22. The summed E-state index contributed by atoms with van der Waals surface area (Å²) in [5, 5.41) is 22.2. The van der Waals surface area contributed by atoms with Gasteiger partial charge in [0.15, 0.2) is 11.6 Å². The molecule has 0 unspecified atom stereocenters. The van der Waals surface area contributed by atoms with Gasteiger partial charge in [-0.15, -0.1) is 0 Å². The van der Waals surface area contributed by atoms with Crippen molar-refractivity contribution in [3.05, 3.63) is 252 Å². The van der Waals surface area contributed by atoms with Crippen LogP contribution in [0.5, 0.6) is 11.5 Å². The minimum Gasteiger partial charge on any atom is -0.493 e. The second kappa shape index (κ2) is 30.0. The lowest BCUT2D eigenvalue weighted by Gasteiger charge is -2.13. The SMILES string of the molecule is O=C(O)CCCOc1ccc(OCCCC(=O)O)c2c3nc4nc(nc5[nH]c(nc6nc(nc([nH]3)c12)C/C(Sc1ccccc1)=C\C=C(\Sc1ccccc1)C6)c1c(Sc2ccccc2)ccc(Sc2ccccc2)c51)-c1c(Sc2ccccc2)ccc(Sc2ccccc2)c1-4. The highest BCUT2D eigenvalue weighted by atomic mass is 32.2. The molecule has 0 spiro atoms. The van der Waals surface area contributed by atoms with Gasteiger partial charge in [-0.2, -0.15) is 0 Å². The number of hydrogen-bond donors (Lipinski definition) is 4. The molecule has 0 fully saturated rings. The molecule has 0 atom stereocenters. The number of ether oxygens (including phenoxy) is 2. The summed E-state index contributed by atoms with van der Waals surface area (Å²) < 4.78 is 13.3. The van der Waals surface area contributed by atoms with E-state index in [2.05, 4.69) is 119 Å². The fraction of sp³-hybridized carbons (Fsp3) is 0.105. The zero-order valence-electron chi connectivity index (χ0n) is 51.3. The lowest BCUT2D eigenvalue weighted by Crippen LogP contribution is -2.04. The van der Waals surface area contributed by atoms with Crippen molar-refractivity contribution >= 4 is 127 Å². The van der Waals surface area contributed by atoms with Crippen molar-refractivity contribution in [1.82, 2.24) is 39.9 Å². The Morgan fingerprint density at radius 3 is 1.03 bits per heavy atom. The van der Waals surface area contributed by atoms with Crippen LogP contribution in [0.25, 0.3) is 66.9 Å². The summed E-state index contributed by atoms with van der Waals surface area (Å²) in [5.74, 6) is 0.480. The molecule has 9 aromatic carbocycles. The van der Waals surface area contributed by atoms with E-state index in [4.69, 9.17) is 39.4 Å². The van der Waals surface area contributed by atoms with Gasteiger partial charge in [0.25, 0.3) is 0 Å². The fourth-order valence-electron chi connectivity index (χ4n) is 11.0. The number of benzene rings is 9. The number of hydrogen-bond acceptors (Lipinski definition) is 16. The van der Waals surface area contributed by atoms with E-state index in [1.54, 1.807) is 82.7 Å². The lowest BCUT2D eigenvalue weighted by atomic mass is 10.1. The maximum absolute atomic E-state index is 11.9. The third-order valence-corrected chi connectivity index (χ3v) is 21.6. The number of thioether (sulfide) groups is 2. The first-order valence-corrected chi connectivity index (χ1v) is 35.9. The second-order valence-electron chi connectivity index (χ2n) is 22.0. The number of fused-ring (bicyclic) bond motifs is 17. The number of nitrogens with zero attached hydrogens (tertiary/aromatic N) is 6. The van der Waals surface area contributed by atoms with Crippen LogP contribution in [-0.4, -0.2) is 75.2 Å². The molecular formula is C76H58N8O6S6. The number of allylic oxidation sites excluding steroid dienone is 4. The number of aliphatic carboxylic acids is 2. The Hall–Kier alpha value is -9.54. The van der Waals surface area contributed by atoms with Crippen molar-refractivity contribution in [2.75, 3.05) is 13.2 Å². The highest BCUT2D eigenvalue weighted by molar-refractivity contribution is 8.03. The van der Waals surface area contributed by atoms with Crippen LogP contribution < -0.4 is 9.47 Å². The van der Waals surface area contributed by atoms with Crippen molar-refractivity contribution in [3.63, 3.8) is 0 Å². The van der Waals surface area contributed by atoms with E-state index in [0.29, 0.717) is 68.2 Å². The number of carboxylic acids is 2. The van der Waals surface area contributed by atoms with Gasteiger partial charge in [-0.3, -0.25) is 9.59 Å². The topological polar surface area (TPSA) is 202 Å². The Kier molecular flexibility index (Phi) is 20.0. The molecule has 20 heteroatoms. The van der Waals surface area contributed by atoms with E-state index >= 15 is 0 Å². The average Bonchev–Trinajstić information content (AvgIpc) is 1.59. The molecule has 0 radical (unpaired) electrons. The highest BCUT2D eigenvalue weighted by Gasteiger charge is 2.30. The molecule has 12 aromatic rings. The molecule has 14 nitrogen and oxygen atoms in total. The summed E-state index contributed by atoms with van der Waals surface area (Å²) in [6.07, 6.45) is 5.05. The standard InChI is InChI=1S/C76H58N8O6S6/c85-63(86)33-19-43-89-55-37-38-56(90-44-20-34-64(87)88)66-65(55)71-78-61-45-53(91-47-21-7-1-8-22-47)35-36-54(92-48-23-9-2-10-24-48)46-62(77-61)79-73-67-57(93-49-25-11-3-12-26-49)39-40-58(94-50-27-13-4-14-28-50)68(67)75(82-73)84-76-70-60(96-52-31-17-6-18-32-52)42-41-59(95-51-29-15-5-16-30-51)69(70)74(83-76)81-72(66)80-71/h1-18,21-32,35-42H,19-20,33-34,43-46H2,(H,85,86)(H,87,88)(H2,77,78,79,80,81,82,83,84)/b53-35+,54-36+. The van der Waals surface area contributed by atoms with E-state index in [9.17, 15) is 19.8 Å². The number of H-pyrrole nitrogens is 2.